The van der Waals surface area contributed by atoms with Gasteiger partial charge in [-0.25, -0.2) is 0 Å². The second-order valence-electron chi connectivity index (χ2n) is 6.52. The van der Waals surface area contributed by atoms with E-state index in [9.17, 15) is 0 Å². The molecule has 0 saturated heterocycles. The Labute approximate surface area is 124 Å². The molecule has 0 heterocycles. The van der Waals surface area contributed by atoms with Gasteiger partial charge < -0.3 is 5.73 Å². The van der Waals surface area contributed by atoms with E-state index in [1.807, 2.05) is 0 Å². The minimum absolute atomic E-state index is 0.234. The molecule has 1 aromatic carbocycles. The standard InChI is InChI=1S/C18H30N2/c1-3-13-20(14-17-7-5-4-6-8-17)18(15-19)11-9-16(2)10-12-18/h4-8,16H,3,9-15,19H2,1-2H3. The molecule has 2 heteroatoms. The van der Waals surface area contributed by atoms with E-state index in [1.165, 1.54) is 37.7 Å². The summed E-state index contributed by atoms with van der Waals surface area (Å²) in [5.74, 6) is 0.870. The van der Waals surface area contributed by atoms with Gasteiger partial charge in [-0.3, -0.25) is 4.90 Å². The highest BCUT2D eigenvalue weighted by atomic mass is 15.2. The molecule has 112 valence electrons. The summed E-state index contributed by atoms with van der Waals surface area (Å²) in [6, 6.07) is 10.8. The van der Waals surface area contributed by atoms with E-state index < -0.39 is 0 Å². The summed E-state index contributed by atoms with van der Waals surface area (Å²) in [5, 5.41) is 0. The smallest absolute Gasteiger partial charge is 0.0335 e. The summed E-state index contributed by atoms with van der Waals surface area (Å²) in [7, 11) is 0. The molecule has 0 aliphatic heterocycles. The highest BCUT2D eigenvalue weighted by Crippen LogP contribution is 2.36. The zero-order valence-electron chi connectivity index (χ0n) is 13.1. The quantitative estimate of drug-likeness (QED) is 0.855. The zero-order chi connectivity index (χ0) is 14.4. The lowest BCUT2D eigenvalue weighted by molar-refractivity contribution is 0.0377. The molecule has 0 unspecified atom stereocenters. The van der Waals surface area contributed by atoms with Gasteiger partial charge in [0.05, 0.1) is 0 Å². The molecule has 2 nitrogen and oxygen atoms in total. The van der Waals surface area contributed by atoms with E-state index in [2.05, 4.69) is 49.1 Å². The molecule has 2 N–H and O–H groups in total. The van der Waals surface area contributed by atoms with Crippen molar-refractivity contribution < 1.29 is 0 Å². The van der Waals surface area contributed by atoms with Crippen molar-refractivity contribution in [3.8, 4) is 0 Å². The monoisotopic (exact) mass is 274 g/mol. The van der Waals surface area contributed by atoms with Gasteiger partial charge >= 0.3 is 0 Å². The van der Waals surface area contributed by atoms with Crippen LogP contribution in [0.25, 0.3) is 0 Å². The van der Waals surface area contributed by atoms with Crippen molar-refractivity contribution in [1.29, 1.82) is 0 Å². The third-order valence-electron chi connectivity index (χ3n) is 4.97. The minimum atomic E-state index is 0.234. The Bertz CT molecular complexity index is 380. The number of benzene rings is 1. The van der Waals surface area contributed by atoms with E-state index >= 15 is 0 Å². The van der Waals surface area contributed by atoms with Crippen LogP contribution >= 0.6 is 0 Å². The van der Waals surface area contributed by atoms with Crippen LogP contribution in [0.15, 0.2) is 30.3 Å². The van der Waals surface area contributed by atoms with Gasteiger partial charge in [0.1, 0.15) is 0 Å². The van der Waals surface area contributed by atoms with Gasteiger partial charge in [0.2, 0.25) is 0 Å². The van der Waals surface area contributed by atoms with Crippen LogP contribution in [0.2, 0.25) is 0 Å². The summed E-state index contributed by atoms with van der Waals surface area (Å²) >= 11 is 0. The Morgan fingerprint density at radius 2 is 1.85 bits per heavy atom. The van der Waals surface area contributed by atoms with Crippen LogP contribution in [0.3, 0.4) is 0 Å². The Morgan fingerprint density at radius 3 is 2.40 bits per heavy atom. The second kappa shape index (κ2) is 7.24. The molecule has 0 aromatic heterocycles. The average molecular weight is 274 g/mol. The molecule has 1 fully saturated rings. The fourth-order valence-corrected chi connectivity index (χ4v) is 3.51. The van der Waals surface area contributed by atoms with Crippen LogP contribution in [0, 0.1) is 5.92 Å². The number of rotatable bonds is 6. The maximum Gasteiger partial charge on any atom is 0.0335 e. The van der Waals surface area contributed by atoms with Gasteiger partial charge in [-0.2, -0.15) is 0 Å². The molecule has 1 aromatic rings. The van der Waals surface area contributed by atoms with Crippen molar-refractivity contribution in [1.82, 2.24) is 4.90 Å². The molecule has 1 saturated carbocycles. The van der Waals surface area contributed by atoms with Crippen molar-refractivity contribution in [2.45, 2.75) is 58.0 Å². The molecule has 0 radical (unpaired) electrons. The number of hydrogen-bond donors (Lipinski definition) is 1. The first-order chi connectivity index (χ1) is 9.70. The fourth-order valence-electron chi connectivity index (χ4n) is 3.51. The molecular weight excluding hydrogens is 244 g/mol. The Balaban J connectivity index is 2.13. The van der Waals surface area contributed by atoms with Crippen molar-refractivity contribution in [3.63, 3.8) is 0 Å². The lowest BCUT2D eigenvalue weighted by atomic mass is 9.75. The summed E-state index contributed by atoms with van der Waals surface area (Å²) in [6.07, 6.45) is 6.37. The van der Waals surface area contributed by atoms with Crippen LogP contribution < -0.4 is 5.73 Å². The largest absolute Gasteiger partial charge is 0.329 e. The van der Waals surface area contributed by atoms with Gasteiger partial charge in [-0.15, -0.1) is 0 Å². The first-order valence-corrected chi connectivity index (χ1v) is 8.19. The van der Waals surface area contributed by atoms with E-state index in [0.29, 0.717) is 0 Å². The molecule has 0 bridgehead atoms. The van der Waals surface area contributed by atoms with Crippen molar-refractivity contribution in [2.24, 2.45) is 11.7 Å². The van der Waals surface area contributed by atoms with E-state index in [-0.39, 0.29) is 5.54 Å². The lowest BCUT2D eigenvalue weighted by Gasteiger charge is -2.47. The summed E-state index contributed by atoms with van der Waals surface area (Å²) in [4.78, 5) is 2.66. The number of nitrogens with two attached hydrogens (primary N) is 1. The topological polar surface area (TPSA) is 29.3 Å². The average Bonchev–Trinajstić information content (AvgIpc) is 2.49. The van der Waals surface area contributed by atoms with Crippen LogP contribution in [-0.4, -0.2) is 23.5 Å². The van der Waals surface area contributed by atoms with Crippen LogP contribution in [0.5, 0.6) is 0 Å². The van der Waals surface area contributed by atoms with Crippen molar-refractivity contribution >= 4 is 0 Å². The molecule has 1 aliphatic carbocycles. The van der Waals surface area contributed by atoms with Gasteiger partial charge in [-0.1, -0.05) is 44.2 Å². The zero-order valence-corrected chi connectivity index (χ0v) is 13.1. The summed E-state index contributed by atoms with van der Waals surface area (Å²) in [5.41, 5.74) is 7.87. The predicted octanol–water partition coefficient (Wildman–Crippen LogP) is 3.81. The third kappa shape index (κ3) is 3.62. The number of nitrogens with zero attached hydrogens (tertiary/aromatic N) is 1. The minimum Gasteiger partial charge on any atom is -0.329 e. The van der Waals surface area contributed by atoms with E-state index in [0.717, 1.165) is 25.6 Å². The third-order valence-corrected chi connectivity index (χ3v) is 4.97. The van der Waals surface area contributed by atoms with E-state index in [1.54, 1.807) is 0 Å². The normalized spacial score (nSPS) is 26.9. The van der Waals surface area contributed by atoms with Gasteiger partial charge in [0.15, 0.2) is 0 Å². The van der Waals surface area contributed by atoms with Crippen LogP contribution in [0.4, 0.5) is 0 Å². The maximum atomic E-state index is 6.23. The van der Waals surface area contributed by atoms with Crippen molar-refractivity contribution in [2.75, 3.05) is 13.1 Å². The Kier molecular flexibility index (Phi) is 5.62. The molecular formula is C18H30N2. The molecule has 0 spiro atoms. The van der Waals surface area contributed by atoms with Crippen LogP contribution in [0.1, 0.15) is 51.5 Å². The van der Waals surface area contributed by atoms with Gasteiger partial charge in [-0.05, 0) is 50.1 Å². The molecule has 20 heavy (non-hydrogen) atoms. The first kappa shape index (κ1) is 15.5. The lowest BCUT2D eigenvalue weighted by Crippen LogP contribution is -2.55. The maximum absolute atomic E-state index is 6.23. The van der Waals surface area contributed by atoms with Gasteiger partial charge in [0.25, 0.3) is 0 Å². The van der Waals surface area contributed by atoms with Crippen LogP contribution in [-0.2, 0) is 6.54 Å². The second-order valence-corrected chi connectivity index (χ2v) is 6.52. The summed E-state index contributed by atoms with van der Waals surface area (Å²) in [6.45, 7) is 7.64. The highest BCUT2D eigenvalue weighted by molar-refractivity contribution is 5.15. The molecule has 0 amide bonds. The Hall–Kier alpha value is -0.860. The van der Waals surface area contributed by atoms with Crippen molar-refractivity contribution in [3.05, 3.63) is 35.9 Å². The van der Waals surface area contributed by atoms with E-state index in [4.69, 9.17) is 5.73 Å². The highest BCUT2D eigenvalue weighted by Gasteiger charge is 2.37. The SMILES string of the molecule is CCCN(Cc1ccccc1)C1(CN)CCC(C)CC1. The molecule has 2 rings (SSSR count). The Morgan fingerprint density at radius 1 is 1.20 bits per heavy atom. The first-order valence-electron chi connectivity index (χ1n) is 8.19. The number of hydrogen-bond acceptors (Lipinski definition) is 2. The summed E-state index contributed by atoms with van der Waals surface area (Å²) < 4.78 is 0. The fraction of sp³-hybridized carbons (Fsp3) is 0.667. The van der Waals surface area contributed by atoms with Gasteiger partial charge in [0, 0.05) is 18.6 Å². The molecule has 0 atom stereocenters. The predicted molar refractivity (Wildman–Crippen MR) is 86.6 cm³/mol. The molecule has 1 aliphatic rings.